The van der Waals surface area contributed by atoms with Crippen LogP contribution >= 0.6 is 0 Å². The van der Waals surface area contributed by atoms with E-state index in [9.17, 15) is 19.7 Å². The largest absolute Gasteiger partial charge is 0.507 e. The van der Waals surface area contributed by atoms with Gasteiger partial charge in [-0.15, -0.1) is 0 Å². The van der Waals surface area contributed by atoms with Crippen molar-refractivity contribution >= 4 is 18.3 Å². The Kier molecular flexibility index (Phi) is 5.58. The van der Waals surface area contributed by atoms with Gasteiger partial charge in [0.1, 0.15) is 12.0 Å². The molecule has 6 heteroatoms. The highest BCUT2D eigenvalue weighted by Crippen LogP contribution is 2.12. The van der Waals surface area contributed by atoms with Crippen molar-refractivity contribution in [2.24, 2.45) is 0 Å². The molecular formula is C14H11NO5. The van der Waals surface area contributed by atoms with Gasteiger partial charge >= 0.3 is 0 Å². The Morgan fingerprint density at radius 3 is 2.20 bits per heavy atom. The van der Waals surface area contributed by atoms with E-state index in [1.54, 1.807) is 18.2 Å². The molecule has 1 N–H and O–H groups in total. The molecule has 0 radical (unpaired) electrons. The predicted octanol–water partition coefficient (Wildman–Crippen LogP) is 2.61. The second-order valence-corrected chi connectivity index (χ2v) is 3.65. The van der Waals surface area contributed by atoms with Crippen molar-refractivity contribution in [3.05, 3.63) is 69.8 Å². The molecule has 0 amide bonds. The number of aldehydes is 2. The number of carbonyl (C=O) groups is 2. The lowest BCUT2D eigenvalue weighted by Gasteiger charge is -1.91. The molecule has 0 fully saturated rings. The molecule has 0 heterocycles. The Morgan fingerprint density at radius 1 is 1.00 bits per heavy atom. The minimum absolute atomic E-state index is 0.0347. The zero-order chi connectivity index (χ0) is 15.0. The van der Waals surface area contributed by atoms with E-state index in [2.05, 4.69) is 0 Å². The quantitative estimate of drug-likeness (QED) is 0.526. The highest BCUT2D eigenvalue weighted by atomic mass is 16.6. The number of non-ortho nitro benzene ring substituents is 1. The van der Waals surface area contributed by atoms with Gasteiger partial charge in [-0.2, -0.15) is 0 Å². The van der Waals surface area contributed by atoms with Gasteiger partial charge in [-0.05, 0) is 12.1 Å². The van der Waals surface area contributed by atoms with Crippen LogP contribution in [0.1, 0.15) is 20.7 Å². The van der Waals surface area contributed by atoms with Crippen molar-refractivity contribution in [2.75, 3.05) is 0 Å². The van der Waals surface area contributed by atoms with E-state index in [0.29, 0.717) is 23.7 Å². The summed E-state index contributed by atoms with van der Waals surface area (Å²) in [6.07, 6.45) is 1.20. The van der Waals surface area contributed by atoms with E-state index < -0.39 is 4.92 Å². The third-order valence-corrected chi connectivity index (χ3v) is 2.28. The van der Waals surface area contributed by atoms with Crippen LogP contribution in [0.2, 0.25) is 0 Å². The van der Waals surface area contributed by atoms with Crippen molar-refractivity contribution in [3.63, 3.8) is 0 Å². The summed E-state index contributed by atoms with van der Waals surface area (Å²) in [4.78, 5) is 29.8. The van der Waals surface area contributed by atoms with Crippen molar-refractivity contribution in [1.82, 2.24) is 0 Å². The van der Waals surface area contributed by atoms with Gasteiger partial charge in [0.05, 0.1) is 10.5 Å². The van der Waals surface area contributed by atoms with Gasteiger partial charge in [0.15, 0.2) is 6.29 Å². The fourth-order valence-corrected chi connectivity index (χ4v) is 1.30. The highest BCUT2D eigenvalue weighted by Gasteiger charge is 2.03. The molecule has 0 aliphatic heterocycles. The van der Waals surface area contributed by atoms with Crippen LogP contribution in [0.3, 0.4) is 0 Å². The van der Waals surface area contributed by atoms with Crippen molar-refractivity contribution in [1.29, 1.82) is 0 Å². The molecule has 6 nitrogen and oxygen atoms in total. The number of hydrogen-bond acceptors (Lipinski definition) is 5. The molecule has 0 spiro atoms. The van der Waals surface area contributed by atoms with Crippen molar-refractivity contribution < 1.29 is 19.6 Å². The number of nitrogens with zero attached hydrogens (tertiary/aromatic N) is 1. The molecule has 20 heavy (non-hydrogen) atoms. The van der Waals surface area contributed by atoms with Gasteiger partial charge in [-0.1, -0.05) is 24.3 Å². The molecular weight excluding hydrogens is 262 g/mol. The number of nitro groups is 1. The van der Waals surface area contributed by atoms with Gasteiger partial charge in [-0.25, -0.2) is 0 Å². The van der Waals surface area contributed by atoms with Gasteiger partial charge in [0.2, 0.25) is 0 Å². The number of phenolic OH excluding ortho intramolecular Hbond substituents is 1. The summed E-state index contributed by atoms with van der Waals surface area (Å²) in [5, 5.41) is 19.0. The minimum Gasteiger partial charge on any atom is -0.507 e. The Bertz CT molecular complexity index is 624. The average Bonchev–Trinajstić information content (AvgIpc) is 2.48. The lowest BCUT2D eigenvalue weighted by atomic mass is 10.2. The first kappa shape index (κ1) is 15.0. The maximum Gasteiger partial charge on any atom is 0.270 e. The zero-order valence-electron chi connectivity index (χ0n) is 10.3. The molecule has 0 aliphatic carbocycles. The molecule has 2 aromatic rings. The van der Waals surface area contributed by atoms with Gasteiger partial charge in [0, 0.05) is 17.7 Å². The number of rotatable bonds is 3. The standard InChI is InChI=1S/C7H5NO3.C7H6O2/c9-5-6-2-1-3-7(4-6)8(10)11;8-5-6-3-1-2-4-7(6)9/h1-5H;1-5,9H. The molecule has 2 aromatic carbocycles. The Hall–Kier alpha value is -3.02. The minimum atomic E-state index is -0.535. The summed E-state index contributed by atoms with van der Waals surface area (Å²) in [6.45, 7) is 0. The van der Waals surface area contributed by atoms with Crippen LogP contribution in [0, 0.1) is 10.1 Å². The summed E-state index contributed by atoms with van der Waals surface area (Å²) in [5.74, 6) is 0.0347. The maximum atomic E-state index is 10.2. The van der Waals surface area contributed by atoms with Crippen LogP contribution in [-0.4, -0.2) is 22.6 Å². The van der Waals surface area contributed by atoms with Crippen molar-refractivity contribution in [2.45, 2.75) is 0 Å². The lowest BCUT2D eigenvalue weighted by molar-refractivity contribution is -0.384. The second-order valence-electron chi connectivity index (χ2n) is 3.65. The molecule has 0 aliphatic rings. The Balaban J connectivity index is 0.000000204. The van der Waals surface area contributed by atoms with Crippen LogP contribution in [0.4, 0.5) is 5.69 Å². The predicted molar refractivity (Wildman–Crippen MR) is 72.0 cm³/mol. The smallest absolute Gasteiger partial charge is 0.270 e. The first-order valence-corrected chi connectivity index (χ1v) is 5.51. The summed E-state index contributed by atoms with van der Waals surface area (Å²) < 4.78 is 0. The molecule has 0 aromatic heterocycles. The van der Waals surface area contributed by atoms with E-state index in [-0.39, 0.29) is 11.4 Å². The molecule has 0 unspecified atom stereocenters. The normalized spacial score (nSPS) is 9.00. The number of nitro benzene ring substituents is 1. The summed E-state index contributed by atoms with van der Waals surface area (Å²) >= 11 is 0. The average molecular weight is 273 g/mol. The van der Waals surface area contributed by atoms with Gasteiger partial charge < -0.3 is 5.11 Å². The third kappa shape index (κ3) is 4.34. The molecule has 0 saturated carbocycles. The third-order valence-electron chi connectivity index (χ3n) is 2.28. The molecule has 0 bridgehead atoms. The number of carbonyl (C=O) groups excluding carboxylic acids is 2. The van der Waals surface area contributed by atoms with E-state index in [0.717, 1.165) is 0 Å². The van der Waals surface area contributed by atoms with Gasteiger partial charge in [-0.3, -0.25) is 19.7 Å². The van der Waals surface area contributed by atoms with Crippen LogP contribution in [-0.2, 0) is 0 Å². The number of benzene rings is 2. The van der Waals surface area contributed by atoms with E-state index >= 15 is 0 Å². The molecule has 2 rings (SSSR count). The van der Waals surface area contributed by atoms with Crippen LogP contribution in [0.5, 0.6) is 5.75 Å². The molecule has 102 valence electrons. The first-order chi connectivity index (χ1) is 9.58. The molecule has 0 atom stereocenters. The molecule has 0 saturated heterocycles. The number of phenols is 1. The van der Waals surface area contributed by atoms with E-state index in [1.165, 1.54) is 30.3 Å². The van der Waals surface area contributed by atoms with Crippen LogP contribution in [0.15, 0.2) is 48.5 Å². The highest BCUT2D eigenvalue weighted by molar-refractivity contribution is 5.78. The van der Waals surface area contributed by atoms with Crippen LogP contribution in [0.25, 0.3) is 0 Å². The summed E-state index contributed by atoms with van der Waals surface area (Å²) in [5.41, 5.74) is 0.589. The fraction of sp³-hybridized carbons (Fsp3) is 0. The second kappa shape index (κ2) is 7.42. The van der Waals surface area contributed by atoms with E-state index in [1.807, 2.05) is 0 Å². The Morgan fingerprint density at radius 2 is 1.70 bits per heavy atom. The topological polar surface area (TPSA) is 97.5 Å². The fourth-order valence-electron chi connectivity index (χ4n) is 1.30. The summed E-state index contributed by atoms with van der Waals surface area (Å²) in [7, 11) is 0. The van der Waals surface area contributed by atoms with Crippen LogP contribution < -0.4 is 0 Å². The number of hydrogen-bond donors (Lipinski definition) is 1. The first-order valence-electron chi connectivity index (χ1n) is 5.51. The maximum absolute atomic E-state index is 10.2. The Labute approximate surface area is 114 Å². The van der Waals surface area contributed by atoms with E-state index in [4.69, 9.17) is 5.11 Å². The monoisotopic (exact) mass is 273 g/mol. The number of para-hydroxylation sites is 1. The number of aromatic hydroxyl groups is 1. The summed E-state index contributed by atoms with van der Waals surface area (Å²) in [6, 6.07) is 12.0. The SMILES string of the molecule is O=Cc1cccc([N+](=O)[O-])c1.O=Cc1ccccc1O. The van der Waals surface area contributed by atoms with Gasteiger partial charge in [0.25, 0.3) is 5.69 Å². The van der Waals surface area contributed by atoms with Crippen molar-refractivity contribution in [3.8, 4) is 5.75 Å². The zero-order valence-corrected chi connectivity index (χ0v) is 10.3. The lowest BCUT2D eigenvalue weighted by Crippen LogP contribution is -1.88.